The van der Waals surface area contributed by atoms with Crippen molar-refractivity contribution in [2.45, 2.75) is 0 Å². The highest BCUT2D eigenvalue weighted by atomic mass is 32.1. The fourth-order valence-electron chi connectivity index (χ4n) is 2.10. The van der Waals surface area contributed by atoms with Gasteiger partial charge in [0.25, 0.3) is 0 Å². The second kappa shape index (κ2) is 5.55. The Bertz CT molecular complexity index is 773. The van der Waals surface area contributed by atoms with Gasteiger partial charge in [-0.2, -0.15) is 4.98 Å². The third-order valence-electron chi connectivity index (χ3n) is 3.19. The van der Waals surface area contributed by atoms with E-state index in [-0.39, 0.29) is 0 Å². The summed E-state index contributed by atoms with van der Waals surface area (Å²) in [6.45, 7) is 0. The number of methoxy groups -OCH3 is 1. The Hall–Kier alpha value is -2.38. The van der Waals surface area contributed by atoms with E-state index in [2.05, 4.69) is 15.4 Å². The Kier molecular flexibility index (Phi) is 3.59. The first-order valence-corrected chi connectivity index (χ1v) is 7.20. The fourth-order valence-corrected chi connectivity index (χ4v) is 2.86. The lowest BCUT2D eigenvalue weighted by Gasteiger charge is -2.20. The molecule has 0 aliphatic rings. The first kappa shape index (κ1) is 13.6. The number of nitrogen functional groups attached to an aromatic ring is 1. The maximum atomic E-state index is 5.45. The summed E-state index contributed by atoms with van der Waals surface area (Å²) in [5.74, 6) is 7.44. The molecule has 21 heavy (non-hydrogen) atoms. The van der Waals surface area contributed by atoms with Crippen molar-refractivity contribution in [3.8, 4) is 5.75 Å². The molecular weight excluding hydrogens is 286 g/mol. The molecule has 0 amide bonds. The van der Waals surface area contributed by atoms with Crippen LogP contribution in [0, 0.1) is 0 Å². The number of nitrogens with two attached hydrogens (primary N) is 1. The first-order chi connectivity index (χ1) is 10.2. The SMILES string of the molecule is COc1cccc(N(C)c2nc(NN)nc3sccc23)c1. The molecule has 2 heterocycles. The van der Waals surface area contributed by atoms with Crippen LogP contribution in [0.3, 0.4) is 0 Å². The lowest BCUT2D eigenvalue weighted by atomic mass is 10.2. The summed E-state index contributed by atoms with van der Waals surface area (Å²) in [6, 6.07) is 9.81. The number of hydrogen-bond donors (Lipinski definition) is 2. The van der Waals surface area contributed by atoms with Crippen LogP contribution in [-0.2, 0) is 0 Å². The van der Waals surface area contributed by atoms with Gasteiger partial charge >= 0.3 is 0 Å². The maximum Gasteiger partial charge on any atom is 0.240 e. The molecule has 108 valence electrons. The number of ether oxygens (including phenoxy) is 1. The van der Waals surface area contributed by atoms with Crippen LogP contribution in [-0.4, -0.2) is 24.1 Å². The minimum Gasteiger partial charge on any atom is -0.497 e. The Labute approximate surface area is 126 Å². The van der Waals surface area contributed by atoms with E-state index in [0.29, 0.717) is 5.95 Å². The molecule has 2 aromatic heterocycles. The van der Waals surface area contributed by atoms with Crippen molar-refractivity contribution >= 4 is 39.0 Å². The quantitative estimate of drug-likeness (QED) is 0.570. The van der Waals surface area contributed by atoms with E-state index in [0.717, 1.165) is 27.5 Å². The largest absolute Gasteiger partial charge is 0.497 e. The molecule has 3 N–H and O–H groups in total. The van der Waals surface area contributed by atoms with Crippen molar-refractivity contribution in [1.29, 1.82) is 0 Å². The van der Waals surface area contributed by atoms with E-state index in [9.17, 15) is 0 Å². The minimum absolute atomic E-state index is 0.398. The predicted octanol–water partition coefficient (Wildman–Crippen LogP) is 2.75. The molecule has 0 unspecified atom stereocenters. The molecule has 1 aromatic carbocycles. The Morgan fingerprint density at radius 3 is 2.90 bits per heavy atom. The van der Waals surface area contributed by atoms with Crippen molar-refractivity contribution in [1.82, 2.24) is 9.97 Å². The van der Waals surface area contributed by atoms with E-state index in [4.69, 9.17) is 10.6 Å². The number of thiophene rings is 1. The van der Waals surface area contributed by atoms with Crippen molar-refractivity contribution < 1.29 is 4.74 Å². The zero-order valence-corrected chi connectivity index (χ0v) is 12.5. The molecule has 0 saturated carbocycles. The lowest BCUT2D eigenvalue weighted by Crippen LogP contribution is -2.15. The predicted molar refractivity (Wildman–Crippen MR) is 86.3 cm³/mol. The van der Waals surface area contributed by atoms with Gasteiger partial charge in [0.05, 0.1) is 12.5 Å². The number of nitrogens with one attached hydrogen (secondary N) is 1. The number of rotatable bonds is 4. The Balaban J connectivity index is 2.11. The van der Waals surface area contributed by atoms with Gasteiger partial charge < -0.3 is 9.64 Å². The zero-order valence-electron chi connectivity index (χ0n) is 11.7. The summed E-state index contributed by atoms with van der Waals surface area (Å²) in [5.41, 5.74) is 3.49. The van der Waals surface area contributed by atoms with E-state index < -0.39 is 0 Å². The number of hydrazine groups is 1. The number of anilines is 3. The third-order valence-corrected chi connectivity index (χ3v) is 4.00. The van der Waals surface area contributed by atoms with Gasteiger partial charge in [-0.1, -0.05) is 6.07 Å². The van der Waals surface area contributed by atoms with Gasteiger partial charge in [0.1, 0.15) is 16.4 Å². The van der Waals surface area contributed by atoms with Crippen molar-refractivity contribution in [2.24, 2.45) is 5.84 Å². The molecule has 0 radical (unpaired) electrons. The van der Waals surface area contributed by atoms with Gasteiger partial charge in [-0.25, -0.2) is 10.8 Å². The van der Waals surface area contributed by atoms with Crippen molar-refractivity contribution in [3.63, 3.8) is 0 Å². The van der Waals surface area contributed by atoms with Crippen LogP contribution in [0.4, 0.5) is 17.5 Å². The van der Waals surface area contributed by atoms with E-state index in [1.807, 2.05) is 47.7 Å². The minimum atomic E-state index is 0.398. The number of hydrogen-bond acceptors (Lipinski definition) is 7. The monoisotopic (exact) mass is 301 g/mol. The average molecular weight is 301 g/mol. The smallest absolute Gasteiger partial charge is 0.240 e. The third kappa shape index (κ3) is 2.48. The summed E-state index contributed by atoms with van der Waals surface area (Å²) in [4.78, 5) is 11.7. The number of benzene rings is 1. The summed E-state index contributed by atoms with van der Waals surface area (Å²) in [5, 5.41) is 2.98. The van der Waals surface area contributed by atoms with Gasteiger partial charge in [-0.05, 0) is 23.6 Å². The summed E-state index contributed by atoms with van der Waals surface area (Å²) in [7, 11) is 3.60. The second-order valence-corrected chi connectivity index (χ2v) is 5.31. The van der Waals surface area contributed by atoms with Crippen LogP contribution in [0.25, 0.3) is 10.2 Å². The average Bonchev–Trinajstić information content (AvgIpc) is 3.01. The normalized spacial score (nSPS) is 10.6. The molecule has 0 atom stereocenters. The molecule has 3 rings (SSSR count). The standard InChI is InChI=1S/C14H15N5OS/c1-19(9-4-3-5-10(8-9)20-2)12-11-6-7-21-13(11)17-14(16-12)18-15/h3-8H,15H2,1-2H3,(H,16,17,18). The summed E-state index contributed by atoms with van der Waals surface area (Å²) in [6.07, 6.45) is 0. The number of nitrogens with zero attached hydrogens (tertiary/aromatic N) is 3. The van der Waals surface area contributed by atoms with Gasteiger partial charge in [-0.3, -0.25) is 5.43 Å². The molecule has 0 aliphatic heterocycles. The Morgan fingerprint density at radius 1 is 1.29 bits per heavy atom. The molecule has 3 aromatic rings. The second-order valence-electron chi connectivity index (χ2n) is 4.42. The highest BCUT2D eigenvalue weighted by Crippen LogP contribution is 2.33. The van der Waals surface area contributed by atoms with Gasteiger partial charge in [0, 0.05) is 18.8 Å². The van der Waals surface area contributed by atoms with Gasteiger partial charge in [-0.15, -0.1) is 11.3 Å². The maximum absolute atomic E-state index is 5.45. The van der Waals surface area contributed by atoms with Crippen LogP contribution in [0.5, 0.6) is 5.75 Å². The van der Waals surface area contributed by atoms with E-state index in [1.165, 1.54) is 0 Å². The van der Waals surface area contributed by atoms with Gasteiger partial charge in [0.15, 0.2) is 0 Å². The van der Waals surface area contributed by atoms with E-state index >= 15 is 0 Å². The fraction of sp³-hybridized carbons (Fsp3) is 0.143. The summed E-state index contributed by atoms with van der Waals surface area (Å²) >= 11 is 1.55. The highest BCUT2D eigenvalue weighted by molar-refractivity contribution is 7.16. The molecule has 0 aliphatic carbocycles. The molecule has 0 fully saturated rings. The summed E-state index contributed by atoms with van der Waals surface area (Å²) < 4.78 is 5.27. The zero-order chi connectivity index (χ0) is 14.8. The Morgan fingerprint density at radius 2 is 2.14 bits per heavy atom. The molecule has 0 spiro atoms. The van der Waals surface area contributed by atoms with Crippen LogP contribution in [0.2, 0.25) is 0 Å². The van der Waals surface area contributed by atoms with Crippen LogP contribution < -0.4 is 20.9 Å². The topological polar surface area (TPSA) is 76.3 Å². The van der Waals surface area contributed by atoms with E-state index in [1.54, 1.807) is 18.4 Å². The van der Waals surface area contributed by atoms with Crippen LogP contribution in [0.1, 0.15) is 0 Å². The number of fused-ring (bicyclic) bond motifs is 1. The molecular formula is C14H15N5OS. The highest BCUT2D eigenvalue weighted by Gasteiger charge is 2.14. The first-order valence-electron chi connectivity index (χ1n) is 6.32. The molecule has 0 saturated heterocycles. The van der Waals surface area contributed by atoms with Crippen molar-refractivity contribution in [2.75, 3.05) is 24.5 Å². The van der Waals surface area contributed by atoms with Crippen LogP contribution in [0.15, 0.2) is 35.7 Å². The molecule has 7 heteroatoms. The van der Waals surface area contributed by atoms with Gasteiger partial charge in [0.2, 0.25) is 5.95 Å². The molecule has 0 bridgehead atoms. The lowest BCUT2D eigenvalue weighted by molar-refractivity contribution is 0.415. The molecule has 6 nitrogen and oxygen atoms in total. The number of aromatic nitrogens is 2. The van der Waals surface area contributed by atoms with Crippen LogP contribution >= 0.6 is 11.3 Å². The van der Waals surface area contributed by atoms with Crippen molar-refractivity contribution in [3.05, 3.63) is 35.7 Å².